The Labute approximate surface area is 99.5 Å². The van der Waals surface area contributed by atoms with Gasteiger partial charge < -0.3 is 15.2 Å². The fourth-order valence-electron chi connectivity index (χ4n) is 1.29. The predicted octanol–water partition coefficient (Wildman–Crippen LogP) is 1.99. The molecule has 1 rings (SSSR count). The lowest BCUT2D eigenvalue weighted by Gasteiger charge is -2.05. The van der Waals surface area contributed by atoms with Gasteiger partial charge in [0.15, 0.2) is 0 Å². The zero-order valence-electron chi connectivity index (χ0n) is 9.74. The number of ether oxygens (including phenoxy) is 2. The summed E-state index contributed by atoms with van der Waals surface area (Å²) in [4.78, 5) is 11.5. The van der Waals surface area contributed by atoms with E-state index in [1.54, 1.807) is 7.11 Å². The van der Waals surface area contributed by atoms with Crippen LogP contribution in [-0.2, 0) is 9.47 Å². The second kappa shape index (κ2) is 6.85. The topological polar surface area (TPSA) is 61.5 Å². The maximum Gasteiger partial charge on any atom is 0.341 e. The van der Waals surface area contributed by atoms with E-state index in [1.165, 1.54) is 12.1 Å². The van der Waals surface area contributed by atoms with E-state index in [0.29, 0.717) is 13.0 Å². The number of rotatable bonds is 6. The zero-order valence-corrected chi connectivity index (χ0v) is 9.74. The fourth-order valence-corrected chi connectivity index (χ4v) is 1.29. The third kappa shape index (κ3) is 4.40. The molecule has 5 heteroatoms. The van der Waals surface area contributed by atoms with Crippen molar-refractivity contribution in [1.29, 1.82) is 0 Å². The van der Waals surface area contributed by atoms with Crippen LogP contribution in [0.3, 0.4) is 0 Å². The van der Waals surface area contributed by atoms with Crippen LogP contribution in [0.25, 0.3) is 0 Å². The Balaban J connectivity index is 2.42. The highest BCUT2D eigenvalue weighted by atomic mass is 19.1. The minimum Gasteiger partial charge on any atom is -0.462 e. The van der Waals surface area contributed by atoms with E-state index in [4.69, 9.17) is 15.2 Å². The highest BCUT2D eigenvalue weighted by molar-refractivity contribution is 5.90. The first-order valence-electron chi connectivity index (χ1n) is 5.36. The van der Waals surface area contributed by atoms with Crippen LogP contribution < -0.4 is 5.73 Å². The van der Waals surface area contributed by atoms with Gasteiger partial charge >= 0.3 is 5.97 Å². The molecule has 0 spiro atoms. The van der Waals surface area contributed by atoms with Gasteiger partial charge in [0.25, 0.3) is 0 Å². The Kier molecular flexibility index (Phi) is 5.42. The highest BCUT2D eigenvalue weighted by Crippen LogP contribution is 2.13. The van der Waals surface area contributed by atoms with Crippen LogP contribution in [0.1, 0.15) is 23.2 Å². The van der Waals surface area contributed by atoms with E-state index in [9.17, 15) is 9.18 Å². The van der Waals surface area contributed by atoms with E-state index in [-0.39, 0.29) is 17.9 Å². The van der Waals surface area contributed by atoms with Crippen molar-refractivity contribution in [2.75, 3.05) is 26.1 Å². The summed E-state index contributed by atoms with van der Waals surface area (Å²) in [5.41, 5.74) is 5.56. The van der Waals surface area contributed by atoms with Crippen molar-refractivity contribution < 1.29 is 18.7 Å². The van der Waals surface area contributed by atoms with E-state index in [0.717, 1.165) is 12.5 Å². The Morgan fingerprint density at radius 1 is 1.35 bits per heavy atom. The average Bonchev–Trinajstić information content (AvgIpc) is 2.28. The molecule has 4 nitrogen and oxygen atoms in total. The molecule has 1 aromatic carbocycles. The first kappa shape index (κ1) is 13.4. The van der Waals surface area contributed by atoms with E-state index in [1.807, 2.05) is 0 Å². The maximum atomic E-state index is 13.3. The molecule has 94 valence electrons. The molecule has 0 aliphatic heterocycles. The number of benzene rings is 1. The van der Waals surface area contributed by atoms with Crippen molar-refractivity contribution in [3.63, 3.8) is 0 Å². The Hall–Kier alpha value is -1.62. The number of methoxy groups -OCH3 is 1. The molecule has 0 saturated heterocycles. The second-order valence-electron chi connectivity index (χ2n) is 3.58. The summed E-state index contributed by atoms with van der Waals surface area (Å²) < 4.78 is 23.1. The molecule has 0 bridgehead atoms. The largest absolute Gasteiger partial charge is 0.462 e. The van der Waals surface area contributed by atoms with Crippen LogP contribution in [0.4, 0.5) is 10.1 Å². The van der Waals surface area contributed by atoms with Crippen molar-refractivity contribution in [3.05, 3.63) is 29.6 Å². The van der Waals surface area contributed by atoms with Gasteiger partial charge in [-0.15, -0.1) is 0 Å². The number of esters is 1. The number of halogens is 1. The number of hydrogen-bond donors (Lipinski definition) is 1. The van der Waals surface area contributed by atoms with E-state index < -0.39 is 11.8 Å². The van der Waals surface area contributed by atoms with Crippen LogP contribution in [0, 0.1) is 5.82 Å². The fraction of sp³-hybridized carbons (Fsp3) is 0.417. The molecular formula is C12H16FNO3. The van der Waals surface area contributed by atoms with Gasteiger partial charge in [0.2, 0.25) is 0 Å². The molecule has 0 atom stereocenters. The third-order valence-corrected chi connectivity index (χ3v) is 2.19. The number of carbonyl (C=O) groups excluding carboxylic acids is 1. The molecular weight excluding hydrogens is 225 g/mol. The molecule has 0 aliphatic rings. The molecule has 2 N–H and O–H groups in total. The lowest BCUT2D eigenvalue weighted by Crippen LogP contribution is -2.09. The number of hydrogen-bond acceptors (Lipinski definition) is 4. The smallest absolute Gasteiger partial charge is 0.341 e. The first-order valence-corrected chi connectivity index (χ1v) is 5.36. The van der Waals surface area contributed by atoms with E-state index >= 15 is 0 Å². The van der Waals surface area contributed by atoms with Crippen molar-refractivity contribution >= 4 is 11.7 Å². The standard InChI is InChI=1S/C12H16FNO3/c1-16-6-2-3-7-17-12(15)10-5-4-9(14)8-11(10)13/h4-5,8H,2-3,6-7,14H2,1H3. The minimum absolute atomic E-state index is 0.0917. The van der Waals surface area contributed by atoms with E-state index in [2.05, 4.69) is 0 Å². The molecule has 0 radical (unpaired) electrons. The molecule has 0 saturated carbocycles. The van der Waals surface area contributed by atoms with Gasteiger partial charge in [0, 0.05) is 19.4 Å². The van der Waals surface area contributed by atoms with Crippen molar-refractivity contribution in [2.24, 2.45) is 0 Å². The summed E-state index contributed by atoms with van der Waals surface area (Å²) in [5.74, 6) is -1.33. The van der Waals surface area contributed by atoms with Crippen LogP contribution in [0.2, 0.25) is 0 Å². The molecule has 0 unspecified atom stereocenters. The second-order valence-corrected chi connectivity index (χ2v) is 3.58. The minimum atomic E-state index is -0.667. The number of anilines is 1. The molecule has 0 amide bonds. The summed E-state index contributed by atoms with van der Waals surface area (Å²) >= 11 is 0. The summed E-state index contributed by atoms with van der Waals surface area (Å²) in [5, 5.41) is 0. The van der Waals surface area contributed by atoms with Gasteiger partial charge in [-0.1, -0.05) is 0 Å². The monoisotopic (exact) mass is 241 g/mol. The summed E-state index contributed by atoms with van der Waals surface area (Å²) in [6.07, 6.45) is 1.49. The van der Waals surface area contributed by atoms with Gasteiger partial charge in [0.1, 0.15) is 5.82 Å². The molecule has 0 aromatic heterocycles. The lowest BCUT2D eigenvalue weighted by atomic mass is 10.2. The number of nitrogen functional groups attached to an aromatic ring is 1. The van der Waals surface area contributed by atoms with Gasteiger partial charge in [0.05, 0.1) is 12.2 Å². The molecule has 0 heterocycles. The predicted molar refractivity (Wildman–Crippen MR) is 62.2 cm³/mol. The van der Waals surface area contributed by atoms with Crippen molar-refractivity contribution in [3.8, 4) is 0 Å². The van der Waals surface area contributed by atoms with Gasteiger partial charge in [-0.25, -0.2) is 9.18 Å². The summed E-state index contributed by atoms with van der Waals surface area (Å²) in [6.45, 7) is 0.875. The molecule has 0 fully saturated rings. The van der Waals surface area contributed by atoms with Crippen molar-refractivity contribution in [1.82, 2.24) is 0 Å². The number of nitrogens with two attached hydrogens (primary N) is 1. The Morgan fingerprint density at radius 3 is 2.71 bits per heavy atom. The molecule has 0 aliphatic carbocycles. The first-order chi connectivity index (χ1) is 8.15. The average molecular weight is 241 g/mol. The summed E-state index contributed by atoms with van der Waals surface area (Å²) in [7, 11) is 1.61. The van der Waals surface area contributed by atoms with Crippen LogP contribution >= 0.6 is 0 Å². The van der Waals surface area contributed by atoms with Gasteiger partial charge in [-0.3, -0.25) is 0 Å². The molecule has 1 aromatic rings. The SMILES string of the molecule is COCCCCOC(=O)c1ccc(N)cc1F. The van der Waals surface area contributed by atoms with Crippen LogP contribution in [0.5, 0.6) is 0 Å². The lowest BCUT2D eigenvalue weighted by molar-refractivity contribution is 0.0484. The Morgan fingerprint density at radius 2 is 2.06 bits per heavy atom. The Bertz CT molecular complexity index is 382. The molecule has 17 heavy (non-hydrogen) atoms. The third-order valence-electron chi connectivity index (χ3n) is 2.19. The van der Waals surface area contributed by atoms with Gasteiger partial charge in [-0.2, -0.15) is 0 Å². The number of carbonyl (C=O) groups is 1. The highest BCUT2D eigenvalue weighted by Gasteiger charge is 2.12. The maximum absolute atomic E-state index is 13.3. The number of unbranched alkanes of at least 4 members (excludes halogenated alkanes) is 1. The van der Waals surface area contributed by atoms with Crippen molar-refractivity contribution in [2.45, 2.75) is 12.8 Å². The summed E-state index contributed by atoms with van der Waals surface area (Å²) in [6, 6.07) is 3.88. The zero-order chi connectivity index (χ0) is 12.7. The van der Waals surface area contributed by atoms with Crippen LogP contribution in [-0.4, -0.2) is 26.3 Å². The van der Waals surface area contributed by atoms with Gasteiger partial charge in [-0.05, 0) is 31.0 Å². The van der Waals surface area contributed by atoms with Crippen LogP contribution in [0.15, 0.2) is 18.2 Å². The quantitative estimate of drug-likeness (QED) is 0.470. The normalized spacial score (nSPS) is 10.2.